The van der Waals surface area contributed by atoms with Gasteiger partial charge in [0.05, 0.1) is 0 Å². The fourth-order valence-electron chi connectivity index (χ4n) is 2.00. The largest absolute Gasteiger partial charge is 0.327 e. The van der Waals surface area contributed by atoms with Crippen LogP contribution in [-0.4, -0.2) is 23.5 Å². The van der Waals surface area contributed by atoms with E-state index in [9.17, 15) is 4.79 Å². The number of nitrogens with one attached hydrogen (secondary N) is 1. The monoisotopic (exact) mass is 212 g/mol. The molecule has 0 bridgehead atoms. The van der Waals surface area contributed by atoms with Crippen molar-refractivity contribution in [2.45, 2.75) is 18.9 Å². The number of aromatic nitrogens is 1. The third-order valence-corrected chi connectivity index (χ3v) is 3.07. The molecule has 0 saturated carbocycles. The summed E-state index contributed by atoms with van der Waals surface area (Å²) in [5.74, 6) is 0. The van der Waals surface area contributed by atoms with E-state index in [-0.39, 0.29) is 10.6 Å². The van der Waals surface area contributed by atoms with E-state index in [1.165, 1.54) is 6.42 Å². The lowest BCUT2D eigenvalue weighted by Crippen LogP contribution is -2.19. The van der Waals surface area contributed by atoms with Crippen LogP contribution in [0.1, 0.15) is 24.4 Å². The van der Waals surface area contributed by atoms with Crippen molar-refractivity contribution in [1.82, 2.24) is 9.88 Å². The molecule has 0 spiro atoms. The van der Waals surface area contributed by atoms with Gasteiger partial charge >= 0.3 is 0 Å². The minimum atomic E-state index is -0.212. The summed E-state index contributed by atoms with van der Waals surface area (Å²) in [4.78, 5) is 16.0. The first-order valence-electron chi connectivity index (χ1n) is 4.77. The Balaban J connectivity index is 2.32. The first-order chi connectivity index (χ1) is 6.68. The molecule has 1 N–H and O–H groups in total. The van der Waals surface area contributed by atoms with Gasteiger partial charge in [-0.05, 0) is 38.1 Å². The molecule has 4 heteroatoms. The molecule has 0 unspecified atom stereocenters. The van der Waals surface area contributed by atoms with Crippen LogP contribution in [0.4, 0.5) is 0 Å². The number of hydrogen-bond donors (Lipinski definition) is 1. The number of hydrogen-bond acceptors (Lipinski definition) is 2. The van der Waals surface area contributed by atoms with E-state index in [1.54, 1.807) is 12.3 Å². The van der Waals surface area contributed by atoms with Crippen LogP contribution < -0.4 is 5.56 Å². The molecule has 1 atom stereocenters. The number of H-pyrrole nitrogens is 1. The average molecular weight is 213 g/mol. The van der Waals surface area contributed by atoms with Gasteiger partial charge in [0.1, 0.15) is 5.02 Å². The summed E-state index contributed by atoms with van der Waals surface area (Å²) < 4.78 is 0. The van der Waals surface area contributed by atoms with Crippen molar-refractivity contribution < 1.29 is 0 Å². The summed E-state index contributed by atoms with van der Waals surface area (Å²) in [6.07, 6.45) is 4.11. The van der Waals surface area contributed by atoms with Gasteiger partial charge in [-0.15, -0.1) is 0 Å². The number of pyridine rings is 1. The van der Waals surface area contributed by atoms with Gasteiger partial charge < -0.3 is 4.98 Å². The molecule has 76 valence electrons. The van der Waals surface area contributed by atoms with Crippen molar-refractivity contribution in [2.75, 3.05) is 13.6 Å². The Bertz CT molecular complexity index is 388. The predicted molar refractivity (Wildman–Crippen MR) is 56.7 cm³/mol. The number of halogens is 1. The van der Waals surface area contributed by atoms with Crippen molar-refractivity contribution in [3.8, 4) is 0 Å². The SMILES string of the molecule is CN1CCC[C@H]1c1c[nH]c(=O)c(Cl)c1. The van der Waals surface area contributed by atoms with Gasteiger partial charge in [-0.25, -0.2) is 0 Å². The van der Waals surface area contributed by atoms with Crippen molar-refractivity contribution in [1.29, 1.82) is 0 Å². The topological polar surface area (TPSA) is 36.1 Å². The molecule has 1 fully saturated rings. The third kappa shape index (κ3) is 1.70. The molecule has 3 nitrogen and oxygen atoms in total. The second-order valence-corrected chi connectivity index (χ2v) is 4.16. The maximum Gasteiger partial charge on any atom is 0.266 e. The number of rotatable bonds is 1. The normalized spacial score (nSPS) is 22.9. The highest BCUT2D eigenvalue weighted by Crippen LogP contribution is 2.30. The highest BCUT2D eigenvalue weighted by molar-refractivity contribution is 6.30. The summed E-state index contributed by atoms with van der Waals surface area (Å²) in [6, 6.07) is 2.18. The summed E-state index contributed by atoms with van der Waals surface area (Å²) >= 11 is 5.78. The first-order valence-corrected chi connectivity index (χ1v) is 5.14. The molecule has 1 aromatic heterocycles. The fourth-order valence-corrected chi connectivity index (χ4v) is 2.18. The quantitative estimate of drug-likeness (QED) is 0.771. The van der Waals surface area contributed by atoms with Crippen molar-refractivity contribution in [2.24, 2.45) is 0 Å². The van der Waals surface area contributed by atoms with Crippen LogP contribution >= 0.6 is 11.6 Å². The van der Waals surface area contributed by atoms with Gasteiger partial charge in [-0.2, -0.15) is 0 Å². The van der Waals surface area contributed by atoms with E-state index in [4.69, 9.17) is 11.6 Å². The molecule has 14 heavy (non-hydrogen) atoms. The molecule has 2 rings (SSSR count). The second kappa shape index (κ2) is 3.75. The fraction of sp³-hybridized carbons (Fsp3) is 0.500. The van der Waals surface area contributed by atoms with E-state index in [0.29, 0.717) is 6.04 Å². The maximum atomic E-state index is 11.1. The van der Waals surface area contributed by atoms with E-state index in [2.05, 4.69) is 16.9 Å². The minimum absolute atomic E-state index is 0.212. The molecule has 0 aliphatic carbocycles. The summed E-state index contributed by atoms with van der Waals surface area (Å²) in [5.41, 5.74) is 0.894. The molecule has 0 aromatic carbocycles. The van der Waals surface area contributed by atoms with Crippen LogP contribution in [0, 0.1) is 0 Å². The molecular weight excluding hydrogens is 200 g/mol. The number of aromatic amines is 1. The Hall–Kier alpha value is -0.800. The average Bonchev–Trinajstić information content (AvgIpc) is 2.57. The van der Waals surface area contributed by atoms with Crippen molar-refractivity contribution in [3.05, 3.63) is 33.2 Å². The first kappa shape index (κ1) is 9.74. The van der Waals surface area contributed by atoms with Gasteiger partial charge in [0.25, 0.3) is 5.56 Å². The Labute approximate surface area is 87.7 Å². The standard InChI is InChI=1S/C10H13ClN2O/c1-13-4-2-3-9(13)7-5-8(11)10(14)12-6-7/h5-6,9H,2-4H2,1H3,(H,12,14)/t9-/m0/s1. The van der Waals surface area contributed by atoms with Crippen LogP contribution in [0.3, 0.4) is 0 Å². The van der Waals surface area contributed by atoms with Gasteiger partial charge in [0, 0.05) is 12.2 Å². The summed E-state index contributed by atoms with van der Waals surface area (Å²) in [5, 5.41) is 0.280. The predicted octanol–water partition coefficient (Wildman–Crippen LogP) is 1.79. The summed E-state index contributed by atoms with van der Waals surface area (Å²) in [7, 11) is 2.09. The zero-order valence-electron chi connectivity index (χ0n) is 8.09. The molecule has 1 saturated heterocycles. The zero-order chi connectivity index (χ0) is 10.1. The van der Waals surface area contributed by atoms with Crippen LogP contribution in [-0.2, 0) is 0 Å². The van der Waals surface area contributed by atoms with E-state index in [0.717, 1.165) is 18.5 Å². The molecule has 1 aromatic rings. The van der Waals surface area contributed by atoms with E-state index >= 15 is 0 Å². The highest BCUT2D eigenvalue weighted by Gasteiger charge is 2.22. The van der Waals surface area contributed by atoms with Gasteiger partial charge in [-0.3, -0.25) is 9.69 Å². The lowest BCUT2D eigenvalue weighted by atomic mass is 10.1. The van der Waals surface area contributed by atoms with E-state index < -0.39 is 0 Å². The molecule has 0 radical (unpaired) electrons. The highest BCUT2D eigenvalue weighted by atomic mass is 35.5. The molecule has 1 aliphatic heterocycles. The van der Waals surface area contributed by atoms with Crippen LogP contribution in [0.15, 0.2) is 17.1 Å². The van der Waals surface area contributed by atoms with Crippen molar-refractivity contribution >= 4 is 11.6 Å². The van der Waals surface area contributed by atoms with Gasteiger partial charge in [0.2, 0.25) is 0 Å². The van der Waals surface area contributed by atoms with Crippen molar-refractivity contribution in [3.63, 3.8) is 0 Å². The second-order valence-electron chi connectivity index (χ2n) is 3.75. The Morgan fingerprint density at radius 3 is 3.00 bits per heavy atom. The smallest absolute Gasteiger partial charge is 0.266 e. The Morgan fingerprint density at radius 2 is 2.43 bits per heavy atom. The van der Waals surface area contributed by atoms with E-state index in [1.807, 2.05) is 0 Å². The maximum absolute atomic E-state index is 11.1. The van der Waals surface area contributed by atoms with Crippen LogP contribution in [0.25, 0.3) is 0 Å². The van der Waals surface area contributed by atoms with Gasteiger partial charge in [-0.1, -0.05) is 11.6 Å². The minimum Gasteiger partial charge on any atom is -0.327 e. The zero-order valence-corrected chi connectivity index (χ0v) is 8.84. The molecular formula is C10H13ClN2O. The number of nitrogens with zero attached hydrogens (tertiary/aromatic N) is 1. The lowest BCUT2D eigenvalue weighted by molar-refractivity contribution is 0.317. The third-order valence-electron chi connectivity index (χ3n) is 2.79. The van der Waals surface area contributed by atoms with Crippen LogP contribution in [0.5, 0.6) is 0 Å². The lowest BCUT2D eigenvalue weighted by Gasteiger charge is -2.19. The molecule has 1 aliphatic rings. The van der Waals surface area contributed by atoms with Crippen LogP contribution in [0.2, 0.25) is 5.02 Å². The van der Waals surface area contributed by atoms with Gasteiger partial charge in [0.15, 0.2) is 0 Å². The summed E-state index contributed by atoms with van der Waals surface area (Å²) in [6.45, 7) is 1.11. The molecule has 2 heterocycles. The molecule has 0 amide bonds. The Kier molecular flexibility index (Phi) is 2.61. The number of likely N-dealkylation sites (tertiary alicyclic amines) is 1. The Morgan fingerprint density at radius 1 is 1.64 bits per heavy atom.